The summed E-state index contributed by atoms with van der Waals surface area (Å²) in [6, 6.07) is 16.5. The highest BCUT2D eigenvalue weighted by Crippen LogP contribution is 2.44. The molecule has 0 saturated carbocycles. The Hall–Kier alpha value is -3.23. The summed E-state index contributed by atoms with van der Waals surface area (Å²) in [5.74, 6) is -0.0615. The fourth-order valence-corrected chi connectivity index (χ4v) is 5.84. The molecule has 0 aliphatic carbocycles. The van der Waals surface area contributed by atoms with Gasteiger partial charge in [-0.1, -0.05) is 35.6 Å². The fourth-order valence-electron chi connectivity index (χ4n) is 4.04. The minimum atomic E-state index is -0.543. The zero-order chi connectivity index (χ0) is 21.5. The number of carbonyl (C=O) groups excluding carboxylic acids is 2. The lowest BCUT2D eigenvalue weighted by molar-refractivity contribution is -0.119. The quantitative estimate of drug-likeness (QED) is 0.480. The number of thiazole rings is 1. The van der Waals surface area contributed by atoms with Crippen molar-refractivity contribution in [2.75, 3.05) is 19.5 Å². The Labute approximate surface area is 187 Å². The summed E-state index contributed by atoms with van der Waals surface area (Å²) in [6.45, 7) is 0. The summed E-state index contributed by atoms with van der Waals surface area (Å²) in [6.07, 6.45) is 0. The molecule has 0 unspecified atom stereocenters. The average molecular weight is 450 g/mol. The van der Waals surface area contributed by atoms with E-state index in [9.17, 15) is 9.59 Å². The maximum atomic E-state index is 13.6. The largest absolute Gasteiger partial charge is 0.497 e. The number of ether oxygens (including phenoxy) is 1. The molecular formula is C23H19N3O3S2. The van der Waals surface area contributed by atoms with Crippen molar-refractivity contribution in [2.24, 2.45) is 0 Å². The van der Waals surface area contributed by atoms with Crippen LogP contribution < -0.4 is 10.1 Å². The van der Waals surface area contributed by atoms with E-state index in [1.165, 1.54) is 11.3 Å². The van der Waals surface area contributed by atoms with Crippen LogP contribution in [0.25, 0.3) is 10.2 Å². The van der Waals surface area contributed by atoms with Gasteiger partial charge in [-0.15, -0.1) is 11.3 Å². The van der Waals surface area contributed by atoms with Crippen molar-refractivity contribution in [3.63, 3.8) is 0 Å². The fraction of sp³-hybridized carbons (Fsp3) is 0.174. The molecule has 0 fully saturated rings. The Bertz CT molecular complexity index is 1280. The van der Waals surface area contributed by atoms with Crippen LogP contribution in [-0.4, -0.2) is 35.9 Å². The molecule has 4 aromatic rings. The Balaban J connectivity index is 1.55. The van der Waals surface area contributed by atoms with Gasteiger partial charge >= 0.3 is 0 Å². The second kappa shape index (κ2) is 7.79. The van der Waals surface area contributed by atoms with Gasteiger partial charge in [-0.3, -0.25) is 9.59 Å². The number of methoxy groups -OCH3 is 1. The van der Waals surface area contributed by atoms with Crippen LogP contribution in [0.1, 0.15) is 32.8 Å². The second-order valence-electron chi connectivity index (χ2n) is 7.28. The van der Waals surface area contributed by atoms with Gasteiger partial charge in [0.25, 0.3) is 5.91 Å². The molecule has 156 valence electrons. The number of rotatable bonds is 4. The number of benzene rings is 2. The van der Waals surface area contributed by atoms with Crippen LogP contribution in [0.2, 0.25) is 0 Å². The van der Waals surface area contributed by atoms with Gasteiger partial charge in [0, 0.05) is 17.5 Å². The van der Waals surface area contributed by atoms with Crippen LogP contribution >= 0.6 is 22.7 Å². The Morgan fingerprint density at radius 2 is 2.00 bits per heavy atom. The molecule has 2 aromatic heterocycles. The molecule has 2 amide bonds. The normalized spacial score (nSPS) is 18.1. The van der Waals surface area contributed by atoms with Crippen molar-refractivity contribution in [3.8, 4) is 5.75 Å². The molecule has 2 aromatic carbocycles. The van der Waals surface area contributed by atoms with Gasteiger partial charge in [-0.25, -0.2) is 4.98 Å². The van der Waals surface area contributed by atoms with Crippen LogP contribution in [0.4, 0.5) is 5.13 Å². The molecule has 2 atom stereocenters. The van der Waals surface area contributed by atoms with E-state index in [0.717, 1.165) is 26.4 Å². The predicted octanol–water partition coefficient (Wildman–Crippen LogP) is 4.92. The summed E-state index contributed by atoms with van der Waals surface area (Å²) < 4.78 is 6.21. The van der Waals surface area contributed by atoms with E-state index in [2.05, 4.69) is 10.3 Å². The molecular weight excluding hydrogens is 430 g/mol. The van der Waals surface area contributed by atoms with Crippen molar-refractivity contribution in [3.05, 3.63) is 76.0 Å². The second-order valence-corrected chi connectivity index (χ2v) is 9.29. The van der Waals surface area contributed by atoms with Crippen molar-refractivity contribution in [1.29, 1.82) is 0 Å². The minimum absolute atomic E-state index is 0.0786. The maximum Gasteiger partial charge on any atom is 0.254 e. The van der Waals surface area contributed by atoms with Gasteiger partial charge in [0.15, 0.2) is 5.13 Å². The molecule has 8 heteroatoms. The molecule has 1 N–H and O–H groups in total. The molecule has 1 aliphatic rings. The highest BCUT2D eigenvalue weighted by atomic mass is 32.1. The van der Waals surface area contributed by atoms with E-state index in [4.69, 9.17) is 4.74 Å². The number of hydrogen-bond donors (Lipinski definition) is 1. The Kier molecular flexibility index (Phi) is 4.95. The van der Waals surface area contributed by atoms with E-state index in [-0.39, 0.29) is 17.9 Å². The van der Waals surface area contributed by atoms with Crippen molar-refractivity contribution in [1.82, 2.24) is 9.88 Å². The lowest BCUT2D eigenvalue weighted by Crippen LogP contribution is -2.43. The smallest absolute Gasteiger partial charge is 0.254 e. The van der Waals surface area contributed by atoms with Gasteiger partial charge in [0.2, 0.25) is 5.91 Å². The van der Waals surface area contributed by atoms with Gasteiger partial charge in [-0.2, -0.15) is 0 Å². The summed E-state index contributed by atoms with van der Waals surface area (Å²) in [7, 11) is 3.38. The number of anilines is 1. The predicted molar refractivity (Wildman–Crippen MR) is 123 cm³/mol. The van der Waals surface area contributed by atoms with Crippen LogP contribution in [-0.2, 0) is 4.79 Å². The SMILES string of the molecule is COc1ccc2nc(NC(=O)[C@H]3c4ccccc4C(=O)N(C)[C@H]3c3cccs3)sc2c1. The van der Waals surface area contributed by atoms with Crippen molar-refractivity contribution < 1.29 is 14.3 Å². The Morgan fingerprint density at radius 1 is 1.16 bits per heavy atom. The number of thiophene rings is 1. The highest BCUT2D eigenvalue weighted by Gasteiger charge is 2.43. The van der Waals surface area contributed by atoms with E-state index in [0.29, 0.717) is 10.7 Å². The van der Waals surface area contributed by atoms with Crippen LogP contribution in [0, 0.1) is 0 Å². The summed E-state index contributed by atoms with van der Waals surface area (Å²) >= 11 is 2.94. The number of amides is 2. The lowest BCUT2D eigenvalue weighted by atomic mass is 9.82. The first-order chi connectivity index (χ1) is 15.1. The van der Waals surface area contributed by atoms with Gasteiger partial charge < -0.3 is 15.0 Å². The van der Waals surface area contributed by atoms with Crippen LogP contribution in [0.15, 0.2) is 60.0 Å². The molecule has 31 heavy (non-hydrogen) atoms. The first kappa shape index (κ1) is 19.7. The molecule has 6 nitrogen and oxygen atoms in total. The summed E-state index contributed by atoms with van der Waals surface area (Å²) in [5.41, 5.74) is 2.10. The zero-order valence-electron chi connectivity index (χ0n) is 16.9. The number of nitrogens with one attached hydrogen (secondary N) is 1. The van der Waals surface area contributed by atoms with Crippen molar-refractivity contribution in [2.45, 2.75) is 12.0 Å². The topological polar surface area (TPSA) is 71.5 Å². The molecule has 0 spiro atoms. The van der Waals surface area contributed by atoms with Gasteiger partial charge in [-0.05, 0) is 41.3 Å². The standard InChI is InChI=1S/C23H19N3O3S2/c1-26-20(17-8-5-11-30-17)19(14-6-3-4-7-15(14)22(26)28)21(27)25-23-24-16-10-9-13(29-2)12-18(16)31-23/h3-12,19-20H,1-2H3,(H,24,25,27)/t19-,20-/m0/s1. The summed E-state index contributed by atoms with van der Waals surface area (Å²) in [5, 5.41) is 5.49. The molecule has 3 heterocycles. The van der Waals surface area contributed by atoms with Crippen LogP contribution in [0.5, 0.6) is 5.75 Å². The lowest BCUT2D eigenvalue weighted by Gasteiger charge is -2.38. The van der Waals surface area contributed by atoms with E-state index < -0.39 is 5.92 Å². The average Bonchev–Trinajstić information content (AvgIpc) is 3.44. The third-order valence-electron chi connectivity index (χ3n) is 5.52. The van der Waals surface area contributed by atoms with Crippen LogP contribution in [0.3, 0.4) is 0 Å². The third-order valence-corrected chi connectivity index (χ3v) is 7.40. The van der Waals surface area contributed by atoms with E-state index in [1.807, 2.05) is 53.9 Å². The monoisotopic (exact) mass is 449 g/mol. The molecule has 5 rings (SSSR count). The number of likely N-dealkylation sites (N-methyl/N-ethyl adjacent to an activating group) is 1. The van der Waals surface area contributed by atoms with Gasteiger partial charge in [0.1, 0.15) is 5.75 Å². The number of carbonyl (C=O) groups is 2. The molecule has 0 bridgehead atoms. The molecule has 0 radical (unpaired) electrons. The third kappa shape index (κ3) is 3.37. The number of hydrogen-bond acceptors (Lipinski definition) is 6. The minimum Gasteiger partial charge on any atom is -0.497 e. The first-order valence-corrected chi connectivity index (χ1v) is 11.4. The number of nitrogens with zero attached hydrogens (tertiary/aromatic N) is 2. The first-order valence-electron chi connectivity index (χ1n) is 9.72. The number of aromatic nitrogens is 1. The maximum absolute atomic E-state index is 13.6. The van der Waals surface area contributed by atoms with E-state index in [1.54, 1.807) is 36.5 Å². The van der Waals surface area contributed by atoms with Crippen molar-refractivity contribution >= 4 is 49.8 Å². The Morgan fingerprint density at radius 3 is 2.77 bits per heavy atom. The molecule has 0 saturated heterocycles. The van der Waals surface area contributed by atoms with E-state index >= 15 is 0 Å². The molecule has 1 aliphatic heterocycles. The summed E-state index contributed by atoms with van der Waals surface area (Å²) in [4.78, 5) is 33.8. The zero-order valence-corrected chi connectivity index (χ0v) is 18.5. The number of fused-ring (bicyclic) bond motifs is 2. The highest BCUT2D eigenvalue weighted by molar-refractivity contribution is 7.22. The van der Waals surface area contributed by atoms with Gasteiger partial charge in [0.05, 0.1) is 29.3 Å².